The van der Waals surface area contributed by atoms with E-state index in [1.165, 1.54) is 179 Å². The van der Waals surface area contributed by atoms with E-state index in [0.717, 1.165) is 57.4 Å². The summed E-state index contributed by atoms with van der Waals surface area (Å²) >= 11 is 0. The zero-order valence-electron chi connectivity index (χ0n) is 47.6. The van der Waals surface area contributed by atoms with Gasteiger partial charge in [-0.05, 0) is 100 Å². The highest BCUT2D eigenvalue weighted by molar-refractivity contribution is 5.92. The normalized spacial score (nSPS) is 11.0. The quantitative estimate of drug-likeness (QED) is 0.0234. The number of hydrogen-bond donors (Lipinski definition) is 0. The molecule has 0 aliphatic carbocycles. The van der Waals surface area contributed by atoms with Gasteiger partial charge in [0.15, 0.2) is 11.6 Å². The average Bonchev–Trinajstić information content (AvgIpc) is 3.42. The predicted octanol–water partition coefficient (Wildman–Crippen LogP) is 18.5. The Labute approximate surface area is 463 Å². The minimum absolute atomic E-state index is 0.0100. The third-order valence-electron chi connectivity index (χ3n) is 13.8. The van der Waals surface area contributed by atoms with Gasteiger partial charge in [-0.3, -0.25) is 0 Å². The highest BCUT2D eigenvalue weighted by Crippen LogP contribution is 2.26. The summed E-state index contributed by atoms with van der Waals surface area (Å²) in [7, 11) is 0. The summed E-state index contributed by atoms with van der Waals surface area (Å²) < 4.78 is 47.8. The Bertz CT molecular complexity index is 2080. The summed E-state index contributed by atoms with van der Waals surface area (Å²) in [5.41, 5.74) is 1.49. The highest BCUT2D eigenvalue weighted by Gasteiger charge is 2.16. The Kier molecular flexibility index (Phi) is 37.2. The molecule has 0 aromatic heterocycles. The summed E-state index contributed by atoms with van der Waals surface area (Å²) in [5, 5.41) is 0. The van der Waals surface area contributed by atoms with Gasteiger partial charge < -0.3 is 28.4 Å². The highest BCUT2D eigenvalue weighted by atomic mass is 19.1. The zero-order chi connectivity index (χ0) is 55.4. The number of carbonyl (C=O) groups excluding carboxylic acids is 4. The van der Waals surface area contributed by atoms with Crippen LogP contribution in [-0.4, -0.2) is 50.3 Å². The lowest BCUT2D eigenvalue weighted by molar-refractivity contribution is -0.139. The fraction of sp³-hybridized carbons (Fsp3) is 0.606. The molecule has 0 atom stereocenters. The Morgan fingerprint density at radius 3 is 0.896 bits per heavy atom. The number of halogens is 1. The minimum atomic E-state index is -0.831. The van der Waals surface area contributed by atoms with Gasteiger partial charge in [0, 0.05) is 17.2 Å². The smallest absolute Gasteiger partial charge is 0.343 e. The number of hydrogen-bond acceptors (Lipinski definition) is 10. The molecule has 0 bridgehead atoms. The molecule has 0 fully saturated rings. The van der Waals surface area contributed by atoms with Gasteiger partial charge in [-0.1, -0.05) is 206 Å². The number of benzene rings is 3. The maximum absolute atomic E-state index is 15.0. The molecule has 3 aromatic rings. The largest absolute Gasteiger partial charge is 0.494 e. The summed E-state index contributed by atoms with van der Waals surface area (Å²) in [6, 6.07) is 17.0. The van der Waals surface area contributed by atoms with Crippen LogP contribution in [0.2, 0.25) is 0 Å². The Balaban J connectivity index is 1.12. The van der Waals surface area contributed by atoms with Crippen molar-refractivity contribution in [2.45, 2.75) is 232 Å². The number of carbonyl (C=O) groups is 4. The number of esters is 4. The standard InChI is InChI=1S/C66H97FO10/c1-54(2)63(68)74-51-37-33-29-25-21-17-13-9-5-7-11-15-19-23-27-31-35-49-72-58-43-39-56(40-44-58)65(70)76-60-47-48-62(61(67)53-60)77-66(71)57-41-45-59(46-42-57)73-50-36-32-28-24-20-16-12-8-6-10-14-18-22-26-30-34-38-52-75-64(69)55(3)4/h39-48,53H,1,3,5-38,49-52H2,2,4H3. The molecular formula is C66H97FO10. The monoisotopic (exact) mass is 1070 g/mol. The minimum Gasteiger partial charge on any atom is -0.494 e. The molecule has 0 amide bonds. The fourth-order valence-electron chi connectivity index (χ4n) is 8.99. The van der Waals surface area contributed by atoms with Crippen molar-refractivity contribution in [1.29, 1.82) is 0 Å². The van der Waals surface area contributed by atoms with Crippen LogP contribution in [0.5, 0.6) is 23.0 Å². The Hall–Kier alpha value is -5.45. The van der Waals surface area contributed by atoms with Gasteiger partial charge >= 0.3 is 23.9 Å². The molecule has 0 heterocycles. The van der Waals surface area contributed by atoms with E-state index in [4.69, 9.17) is 28.4 Å². The van der Waals surface area contributed by atoms with Gasteiger partial charge in [-0.15, -0.1) is 0 Å². The first-order chi connectivity index (χ1) is 37.5. The number of ether oxygens (including phenoxy) is 6. The van der Waals surface area contributed by atoms with Crippen molar-refractivity contribution in [1.82, 2.24) is 0 Å². The van der Waals surface area contributed by atoms with E-state index >= 15 is 4.39 Å². The van der Waals surface area contributed by atoms with Crippen LogP contribution in [0.1, 0.15) is 253 Å². The maximum Gasteiger partial charge on any atom is 0.343 e. The number of unbranched alkanes of at least 4 members (excludes halogenated alkanes) is 32. The fourth-order valence-corrected chi connectivity index (χ4v) is 8.99. The van der Waals surface area contributed by atoms with Crippen LogP contribution in [-0.2, 0) is 19.1 Å². The van der Waals surface area contributed by atoms with E-state index in [1.807, 2.05) is 0 Å². The summed E-state index contributed by atoms with van der Waals surface area (Å²) in [4.78, 5) is 48.4. The molecule has 0 aliphatic rings. The van der Waals surface area contributed by atoms with E-state index in [1.54, 1.807) is 62.4 Å². The van der Waals surface area contributed by atoms with E-state index in [9.17, 15) is 19.2 Å². The summed E-state index contributed by atoms with van der Waals surface area (Å²) in [6.07, 6.45) is 41.9. The Morgan fingerprint density at radius 2 is 0.610 bits per heavy atom. The SMILES string of the molecule is C=C(C)C(=O)OCCCCCCCCCCCCCCCCCCCOc1ccc(C(=O)Oc2ccc(OC(=O)c3ccc(OCCCCCCCCCCCCCCCCCCCOC(=O)C(=C)C)cc3)c(F)c2)cc1. The van der Waals surface area contributed by atoms with Crippen LogP contribution in [0.25, 0.3) is 0 Å². The molecule has 0 saturated heterocycles. The zero-order valence-corrected chi connectivity index (χ0v) is 47.6. The molecule has 0 unspecified atom stereocenters. The van der Waals surface area contributed by atoms with Crippen molar-refractivity contribution in [2.24, 2.45) is 0 Å². The van der Waals surface area contributed by atoms with Crippen LogP contribution in [0.4, 0.5) is 4.39 Å². The van der Waals surface area contributed by atoms with E-state index in [0.29, 0.717) is 54.6 Å². The van der Waals surface area contributed by atoms with Gasteiger partial charge in [-0.2, -0.15) is 0 Å². The van der Waals surface area contributed by atoms with E-state index in [-0.39, 0.29) is 29.0 Å². The molecule has 10 nitrogen and oxygen atoms in total. The molecule has 77 heavy (non-hydrogen) atoms. The maximum atomic E-state index is 15.0. The number of rotatable bonds is 48. The summed E-state index contributed by atoms with van der Waals surface area (Å²) in [6.45, 7) is 12.8. The van der Waals surface area contributed by atoms with Gasteiger partial charge in [0.25, 0.3) is 0 Å². The van der Waals surface area contributed by atoms with Crippen molar-refractivity contribution in [3.05, 3.63) is 108 Å². The molecule has 0 spiro atoms. The van der Waals surface area contributed by atoms with Gasteiger partial charge in [0.1, 0.15) is 17.2 Å². The molecular weight excluding hydrogens is 972 g/mol. The lowest BCUT2D eigenvalue weighted by Gasteiger charge is -2.10. The first-order valence-electron chi connectivity index (χ1n) is 29.9. The van der Waals surface area contributed by atoms with Gasteiger partial charge in [0.05, 0.1) is 37.6 Å². The molecule has 428 valence electrons. The Morgan fingerprint density at radius 1 is 0.351 bits per heavy atom. The second-order valence-corrected chi connectivity index (χ2v) is 21.0. The third kappa shape index (κ3) is 33.5. The van der Waals surface area contributed by atoms with Crippen molar-refractivity contribution in [3.8, 4) is 23.0 Å². The first kappa shape index (κ1) is 65.8. The topological polar surface area (TPSA) is 124 Å². The predicted molar refractivity (Wildman–Crippen MR) is 309 cm³/mol. The molecule has 3 rings (SSSR count). The van der Waals surface area contributed by atoms with Crippen LogP contribution in [0.3, 0.4) is 0 Å². The molecule has 0 radical (unpaired) electrons. The second-order valence-electron chi connectivity index (χ2n) is 21.0. The lowest BCUT2D eigenvalue weighted by Crippen LogP contribution is -2.11. The van der Waals surface area contributed by atoms with Gasteiger partial charge in [-0.25, -0.2) is 23.6 Å². The lowest BCUT2D eigenvalue weighted by atomic mass is 10.0. The molecule has 0 N–H and O–H groups in total. The average molecular weight is 1070 g/mol. The first-order valence-corrected chi connectivity index (χ1v) is 29.9. The van der Waals surface area contributed by atoms with E-state index in [2.05, 4.69) is 13.2 Å². The van der Waals surface area contributed by atoms with Crippen LogP contribution >= 0.6 is 0 Å². The van der Waals surface area contributed by atoms with Gasteiger partial charge in [0.2, 0.25) is 0 Å². The van der Waals surface area contributed by atoms with Crippen LogP contribution < -0.4 is 18.9 Å². The van der Waals surface area contributed by atoms with Crippen molar-refractivity contribution in [2.75, 3.05) is 26.4 Å². The molecule has 0 saturated carbocycles. The van der Waals surface area contributed by atoms with Crippen molar-refractivity contribution < 1.29 is 52.0 Å². The van der Waals surface area contributed by atoms with E-state index < -0.39 is 17.8 Å². The summed E-state index contributed by atoms with van der Waals surface area (Å²) in [5.74, 6) is -1.70. The molecule has 3 aromatic carbocycles. The third-order valence-corrected chi connectivity index (χ3v) is 13.8. The van der Waals surface area contributed by atoms with Crippen molar-refractivity contribution >= 4 is 23.9 Å². The van der Waals surface area contributed by atoms with Crippen LogP contribution in [0.15, 0.2) is 91.0 Å². The van der Waals surface area contributed by atoms with Crippen LogP contribution in [0, 0.1) is 5.82 Å². The molecule has 11 heteroatoms. The second kappa shape index (κ2) is 43.5. The van der Waals surface area contributed by atoms with Crippen molar-refractivity contribution in [3.63, 3.8) is 0 Å². The molecule has 0 aliphatic heterocycles.